The normalized spacial score (nSPS) is 22.2. The number of rotatable bonds is 4. The monoisotopic (exact) mass is 528 g/mol. The molecule has 2 fully saturated rings. The van der Waals surface area contributed by atoms with Crippen molar-refractivity contribution in [2.75, 3.05) is 51.5 Å². The summed E-state index contributed by atoms with van der Waals surface area (Å²) in [5.74, 6) is -2.28. The number of likely N-dealkylation sites (tertiary alicyclic amines) is 1. The average molecular weight is 529 g/mol. The summed E-state index contributed by atoms with van der Waals surface area (Å²) in [6.45, 7) is 2.77. The van der Waals surface area contributed by atoms with Crippen LogP contribution in [-0.2, 0) is 24.6 Å². The summed E-state index contributed by atoms with van der Waals surface area (Å²) in [4.78, 5) is 30.7. The fraction of sp³-hybridized carbons (Fsp3) is 0.542. The van der Waals surface area contributed by atoms with E-state index in [4.69, 9.17) is 19.4 Å². The number of fused-ring (bicyclic) bond motifs is 4. The first-order valence-corrected chi connectivity index (χ1v) is 11.8. The van der Waals surface area contributed by atoms with E-state index in [0.717, 1.165) is 23.6 Å². The summed E-state index contributed by atoms with van der Waals surface area (Å²) in [5, 5.41) is 7.12. The van der Waals surface area contributed by atoms with Gasteiger partial charge in [0.2, 0.25) is 0 Å². The van der Waals surface area contributed by atoms with Gasteiger partial charge in [-0.25, -0.2) is 14.2 Å². The van der Waals surface area contributed by atoms with Crippen molar-refractivity contribution < 1.29 is 41.7 Å². The van der Waals surface area contributed by atoms with E-state index in [0.29, 0.717) is 39.5 Å². The number of aromatic nitrogens is 2. The van der Waals surface area contributed by atoms with E-state index in [2.05, 4.69) is 26.6 Å². The fourth-order valence-electron chi connectivity index (χ4n) is 5.20. The van der Waals surface area contributed by atoms with Crippen molar-refractivity contribution in [1.29, 1.82) is 0 Å². The van der Waals surface area contributed by atoms with Crippen molar-refractivity contribution in [3.8, 4) is 5.82 Å². The quantitative estimate of drug-likeness (QED) is 0.610. The van der Waals surface area contributed by atoms with Gasteiger partial charge in [0.25, 0.3) is 5.91 Å². The van der Waals surface area contributed by atoms with Crippen LogP contribution in [0.15, 0.2) is 36.7 Å². The lowest BCUT2D eigenvalue weighted by Crippen LogP contribution is -2.55. The predicted octanol–water partition coefficient (Wildman–Crippen LogP) is 2.92. The molecule has 1 amide bonds. The lowest BCUT2D eigenvalue weighted by Gasteiger charge is -2.47. The van der Waals surface area contributed by atoms with Crippen LogP contribution in [0.25, 0.3) is 5.82 Å². The van der Waals surface area contributed by atoms with Gasteiger partial charge >= 0.3 is 12.1 Å². The van der Waals surface area contributed by atoms with Gasteiger partial charge in [-0.1, -0.05) is 0 Å². The van der Waals surface area contributed by atoms with E-state index >= 15 is 4.39 Å². The number of aliphatic carboxylic acids is 1. The topological polar surface area (TPSA) is 97.1 Å². The SMILES string of the molecule is COCCN1c2cccnc2-n2cccc2C12CCN(C(=O)C1(F)CCOCC1)C2.O=C(O)C(F)(F)F. The molecule has 2 aromatic heterocycles. The van der Waals surface area contributed by atoms with E-state index in [1.54, 1.807) is 18.2 Å². The van der Waals surface area contributed by atoms with Gasteiger partial charge in [-0.3, -0.25) is 4.79 Å². The largest absolute Gasteiger partial charge is 0.490 e. The maximum atomic E-state index is 15.4. The number of anilines is 1. The highest BCUT2D eigenvalue weighted by Crippen LogP contribution is 2.47. The smallest absolute Gasteiger partial charge is 0.475 e. The molecule has 1 spiro atoms. The third kappa shape index (κ3) is 5.01. The Morgan fingerprint density at radius 1 is 1.19 bits per heavy atom. The molecule has 3 aliphatic rings. The number of methoxy groups -OCH3 is 1. The van der Waals surface area contributed by atoms with Crippen molar-refractivity contribution in [3.63, 3.8) is 0 Å². The minimum atomic E-state index is -5.08. The number of hydrogen-bond acceptors (Lipinski definition) is 6. The molecule has 9 nitrogen and oxygen atoms in total. The van der Waals surface area contributed by atoms with Gasteiger partial charge < -0.3 is 28.9 Å². The van der Waals surface area contributed by atoms with E-state index in [1.807, 2.05) is 18.3 Å². The van der Waals surface area contributed by atoms with Crippen molar-refractivity contribution in [1.82, 2.24) is 14.5 Å². The van der Waals surface area contributed by atoms with Crippen LogP contribution in [-0.4, -0.2) is 89.8 Å². The highest BCUT2D eigenvalue weighted by Gasteiger charge is 2.53. The molecule has 37 heavy (non-hydrogen) atoms. The molecule has 3 aliphatic heterocycles. The lowest BCUT2D eigenvalue weighted by atomic mass is 9.88. The van der Waals surface area contributed by atoms with Gasteiger partial charge in [0.05, 0.1) is 31.2 Å². The van der Waals surface area contributed by atoms with E-state index < -0.39 is 29.3 Å². The summed E-state index contributed by atoms with van der Waals surface area (Å²) in [6.07, 6.45) is -0.293. The molecule has 2 aromatic rings. The molecule has 1 unspecified atom stereocenters. The zero-order valence-electron chi connectivity index (χ0n) is 20.2. The number of carbonyl (C=O) groups is 2. The van der Waals surface area contributed by atoms with Crippen LogP contribution in [0.4, 0.5) is 23.2 Å². The molecule has 13 heteroatoms. The number of alkyl halides is 4. The molecular formula is C24H28F4N4O5. The Morgan fingerprint density at radius 3 is 2.54 bits per heavy atom. The fourth-order valence-corrected chi connectivity index (χ4v) is 5.20. The molecule has 1 N–H and O–H groups in total. The second-order valence-electron chi connectivity index (χ2n) is 9.14. The Kier molecular flexibility index (Phi) is 7.47. The van der Waals surface area contributed by atoms with Gasteiger partial charge in [-0.15, -0.1) is 0 Å². The van der Waals surface area contributed by atoms with Crippen LogP contribution in [0.5, 0.6) is 0 Å². The number of carboxylic acid groups (broad SMARTS) is 1. The Hall–Kier alpha value is -3.19. The minimum Gasteiger partial charge on any atom is -0.475 e. The number of ether oxygens (including phenoxy) is 2. The average Bonchev–Trinajstić information content (AvgIpc) is 3.53. The molecule has 0 saturated carbocycles. The maximum Gasteiger partial charge on any atom is 0.490 e. The van der Waals surface area contributed by atoms with Crippen molar-refractivity contribution >= 4 is 17.6 Å². The van der Waals surface area contributed by atoms with Crippen LogP contribution in [0, 0.1) is 0 Å². The number of halogens is 4. The highest BCUT2D eigenvalue weighted by atomic mass is 19.4. The lowest BCUT2D eigenvalue weighted by molar-refractivity contribution is -0.192. The van der Waals surface area contributed by atoms with Crippen molar-refractivity contribution in [2.45, 2.75) is 36.6 Å². The number of carboxylic acids is 1. The summed E-state index contributed by atoms with van der Waals surface area (Å²) < 4.78 is 59.9. The Morgan fingerprint density at radius 2 is 1.89 bits per heavy atom. The predicted molar refractivity (Wildman–Crippen MR) is 123 cm³/mol. The number of nitrogens with zero attached hydrogens (tertiary/aromatic N) is 4. The van der Waals surface area contributed by atoms with E-state index in [9.17, 15) is 18.0 Å². The van der Waals surface area contributed by atoms with Gasteiger partial charge in [0.15, 0.2) is 11.5 Å². The van der Waals surface area contributed by atoms with E-state index in [1.165, 1.54) is 0 Å². The molecule has 0 aliphatic carbocycles. The molecule has 0 radical (unpaired) electrons. The maximum absolute atomic E-state index is 15.4. The first-order valence-electron chi connectivity index (χ1n) is 11.8. The minimum absolute atomic E-state index is 0.131. The summed E-state index contributed by atoms with van der Waals surface area (Å²) in [7, 11) is 1.69. The molecule has 5 heterocycles. The third-order valence-electron chi connectivity index (χ3n) is 6.99. The van der Waals surface area contributed by atoms with Crippen LogP contribution >= 0.6 is 0 Å². The molecule has 202 valence electrons. The van der Waals surface area contributed by atoms with Crippen LogP contribution in [0.2, 0.25) is 0 Å². The second-order valence-corrected chi connectivity index (χ2v) is 9.14. The number of carbonyl (C=O) groups excluding carboxylic acids is 1. The number of pyridine rings is 1. The molecule has 0 bridgehead atoms. The van der Waals surface area contributed by atoms with E-state index in [-0.39, 0.29) is 12.8 Å². The van der Waals surface area contributed by atoms with Gasteiger partial charge in [0.1, 0.15) is 5.54 Å². The van der Waals surface area contributed by atoms with Crippen LogP contribution in [0.3, 0.4) is 0 Å². The molecular weight excluding hydrogens is 500 g/mol. The van der Waals surface area contributed by atoms with Crippen LogP contribution < -0.4 is 4.90 Å². The Bertz CT molecular complexity index is 1130. The van der Waals surface area contributed by atoms with Crippen molar-refractivity contribution in [3.05, 3.63) is 42.4 Å². The second kappa shape index (κ2) is 10.3. The summed E-state index contributed by atoms with van der Waals surface area (Å²) >= 11 is 0. The number of amides is 1. The van der Waals surface area contributed by atoms with Crippen LogP contribution in [0.1, 0.15) is 25.0 Å². The molecule has 5 rings (SSSR count). The summed E-state index contributed by atoms with van der Waals surface area (Å²) in [6, 6.07) is 8.08. The van der Waals surface area contributed by atoms with Crippen molar-refractivity contribution in [2.24, 2.45) is 0 Å². The molecule has 1 atom stereocenters. The zero-order chi connectivity index (χ0) is 26.8. The van der Waals surface area contributed by atoms with Gasteiger partial charge in [-0.05, 0) is 30.7 Å². The highest BCUT2D eigenvalue weighted by molar-refractivity contribution is 5.86. The van der Waals surface area contributed by atoms with Gasteiger partial charge in [-0.2, -0.15) is 13.2 Å². The summed E-state index contributed by atoms with van der Waals surface area (Å²) in [5.41, 5.74) is -0.166. The zero-order valence-corrected chi connectivity index (χ0v) is 20.2. The molecule has 0 aromatic carbocycles. The first kappa shape index (κ1) is 26.9. The molecule has 2 saturated heterocycles. The first-order chi connectivity index (χ1) is 17.5. The Labute approximate surface area is 210 Å². The third-order valence-corrected chi connectivity index (χ3v) is 6.99. The number of hydrogen-bond donors (Lipinski definition) is 1. The van der Waals surface area contributed by atoms with Gasteiger partial charge in [0, 0.05) is 52.0 Å². The standard InChI is InChI=1S/C22H27FN4O3.C2HF3O2/c1-29-15-12-27-17-4-2-9-24-19(17)26-10-3-5-18(26)22(27)6-11-25(16-22)20(28)21(23)7-13-30-14-8-21;3-2(4,5)1(6)7/h2-5,9-10H,6-8,11-16H2,1H3;(H,6,7). The Balaban J connectivity index is 0.000000405.